The van der Waals surface area contributed by atoms with Crippen molar-refractivity contribution >= 4 is 45.0 Å². The fraction of sp³-hybridized carbons (Fsp3) is 0.250. The summed E-state index contributed by atoms with van der Waals surface area (Å²) in [6, 6.07) is 8.58. The molecule has 0 spiro atoms. The van der Waals surface area contributed by atoms with Gasteiger partial charge in [-0.1, -0.05) is 27.5 Å². The Hall–Kier alpha value is -1.79. The van der Waals surface area contributed by atoms with Gasteiger partial charge < -0.3 is 14.6 Å². The number of rotatable bonds is 6. The summed E-state index contributed by atoms with van der Waals surface area (Å²) in [5.41, 5.74) is 0.652. The van der Waals surface area contributed by atoms with Crippen molar-refractivity contribution < 1.29 is 14.0 Å². The van der Waals surface area contributed by atoms with Crippen LogP contribution in [0.25, 0.3) is 0 Å². The van der Waals surface area contributed by atoms with Crippen molar-refractivity contribution in [2.75, 3.05) is 18.5 Å². The van der Waals surface area contributed by atoms with E-state index in [4.69, 9.17) is 16.0 Å². The number of carbonyl (C=O) groups excluding carboxylic acids is 2. The molecule has 0 aliphatic rings. The van der Waals surface area contributed by atoms with Gasteiger partial charge >= 0.3 is 0 Å². The Bertz CT molecular complexity index is 689. The van der Waals surface area contributed by atoms with E-state index >= 15 is 0 Å². The van der Waals surface area contributed by atoms with Crippen LogP contribution in [-0.2, 0) is 4.79 Å². The van der Waals surface area contributed by atoms with Gasteiger partial charge in [0.05, 0.1) is 17.0 Å². The summed E-state index contributed by atoms with van der Waals surface area (Å²) in [5, 5.41) is 3.20. The first-order valence-corrected chi connectivity index (χ1v) is 8.19. The molecule has 1 heterocycles. The fourth-order valence-corrected chi connectivity index (χ4v) is 2.79. The van der Waals surface area contributed by atoms with Crippen LogP contribution in [0.3, 0.4) is 0 Å². The van der Waals surface area contributed by atoms with Crippen LogP contribution >= 0.6 is 27.5 Å². The molecular weight excluding hydrogens is 384 g/mol. The van der Waals surface area contributed by atoms with Crippen molar-refractivity contribution in [2.45, 2.75) is 12.8 Å². The Morgan fingerprint density at radius 2 is 2.13 bits per heavy atom. The average molecular weight is 400 g/mol. The van der Waals surface area contributed by atoms with Crippen LogP contribution < -0.4 is 10.2 Å². The number of hydrogen-bond acceptors (Lipinski definition) is 3. The number of amides is 2. The summed E-state index contributed by atoms with van der Waals surface area (Å²) >= 11 is 9.46. The minimum atomic E-state index is -0.285. The first-order chi connectivity index (χ1) is 11.0. The zero-order valence-electron chi connectivity index (χ0n) is 12.5. The van der Waals surface area contributed by atoms with Gasteiger partial charge in [0.25, 0.3) is 5.91 Å². The molecule has 0 saturated carbocycles. The Balaban J connectivity index is 1.79. The summed E-state index contributed by atoms with van der Waals surface area (Å²) in [5.74, 6) is -0.0942. The molecule has 5 nitrogen and oxygen atoms in total. The highest BCUT2D eigenvalue weighted by molar-refractivity contribution is 9.10. The topological polar surface area (TPSA) is 62.6 Å². The quantitative estimate of drug-likeness (QED) is 0.750. The molecule has 23 heavy (non-hydrogen) atoms. The highest BCUT2D eigenvalue weighted by Gasteiger charge is 2.14. The minimum absolute atomic E-state index is 0.0681. The molecular formula is C16H16BrClN2O3. The average Bonchev–Trinajstić information content (AvgIpc) is 3.05. The summed E-state index contributed by atoms with van der Waals surface area (Å²) in [7, 11) is 1.68. The van der Waals surface area contributed by atoms with Crippen molar-refractivity contribution in [3.05, 3.63) is 51.9 Å². The molecule has 1 N–H and O–H groups in total. The van der Waals surface area contributed by atoms with Crippen LogP contribution in [0, 0.1) is 0 Å². The van der Waals surface area contributed by atoms with Gasteiger partial charge in [0.2, 0.25) is 5.91 Å². The highest BCUT2D eigenvalue weighted by Crippen LogP contribution is 2.28. The number of hydrogen-bond donors (Lipinski definition) is 1. The van der Waals surface area contributed by atoms with Crippen LogP contribution in [0.5, 0.6) is 0 Å². The molecule has 0 unspecified atom stereocenters. The van der Waals surface area contributed by atoms with E-state index in [2.05, 4.69) is 21.2 Å². The maximum Gasteiger partial charge on any atom is 0.286 e. The second-order valence-electron chi connectivity index (χ2n) is 4.89. The van der Waals surface area contributed by atoms with Gasteiger partial charge in [0, 0.05) is 24.5 Å². The molecule has 2 rings (SSSR count). The maximum absolute atomic E-state index is 12.2. The Morgan fingerprint density at radius 1 is 1.35 bits per heavy atom. The minimum Gasteiger partial charge on any atom is -0.459 e. The van der Waals surface area contributed by atoms with E-state index in [0.717, 1.165) is 4.47 Å². The summed E-state index contributed by atoms with van der Waals surface area (Å²) in [6.45, 7) is 0.396. The van der Waals surface area contributed by atoms with Crippen molar-refractivity contribution in [1.29, 1.82) is 0 Å². The third-order valence-electron chi connectivity index (χ3n) is 3.24. The van der Waals surface area contributed by atoms with E-state index in [-0.39, 0.29) is 17.6 Å². The molecule has 122 valence electrons. The summed E-state index contributed by atoms with van der Waals surface area (Å²) in [6.07, 6.45) is 2.28. The summed E-state index contributed by atoms with van der Waals surface area (Å²) < 4.78 is 5.84. The molecule has 7 heteroatoms. The maximum atomic E-state index is 12.2. The van der Waals surface area contributed by atoms with E-state index in [9.17, 15) is 9.59 Å². The number of halogens is 2. The lowest BCUT2D eigenvalue weighted by molar-refractivity contribution is -0.118. The normalized spacial score (nSPS) is 10.4. The van der Waals surface area contributed by atoms with E-state index < -0.39 is 0 Å². The lowest BCUT2D eigenvalue weighted by atomic mass is 10.2. The number of benzene rings is 1. The lowest BCUT2D eigenvalue weighted by Gasteiger charge is -2.19. The van der Waals surface area contributed by atoms with Crippen molar-refractivity contribution in [2.24, 2.45) is 0 Å². The lowest BCUT2D eigenvalue weighted by Crippen LogP contribution is -2.29. The van der Waals surface area contributed by atoms with Gasteiger partial charge in [0.1, 0.15) is 0 Å². The van der Waals surface area contributed by atoms with Crippen LogP contribution in [0.1, 0.15) is 23.4 Å². The SMILES string of the molecule is CN(C(=O)CCCNC(=O)c1ccco1)c1ccc(Br)cc1Cl. The molecule has 0 atom stereocenters. The predicted octanol–water partition coefficient (Wildman–Crippen LogP) is 3.87. The van der Waals surface area contributed by atoms with Crippen LogP contribution in [-0.4, -0.2) is 25.4 Å². The van der Waals surface area contributed by atoms with Gasteiger partial charge in [-0.05, 0) is 36.8 Å². The molecule has 0 fully saturated rings. The van der Waals surface area contributed by atoms with Gasteiger partial charge in [0.15, 0.2) is 5.76 Å². The number of anilines is 1. The molecule has 1 aromatic carbocycles. The van der Waals surface area contributed by atoms with E-state index in [1.807, 2.05) is 6.07 Å². The van der Waals surface area contributed by atoms with E-state index in [1.165, 1.54) is 11.2 Å². The second kappa shape index (κ2) is 8.17. The smallest absolute Gasteiger partial charge is 0.286 e. The number of nitrogens with zero attached hydrogens (tertiary/aromatic N) is 1. The second-order valence-corrected chi connectivity index (χ2v) is 6.21. The van der Waals surface area contributed by atoms with Crippen molar-refractivity contribution in [3.8, 4) is 0 Å². The standard InChI is InChI=1S/C16H16BrClN2O3/c1-20(13-7-6-11(17)10-12(13)18)15(21)5-2-8-19-16(22)14-4-3-9-23-14/h3-4,6-7,9-10H,2,5,8H2,1H3,(H,19,22). The van der Waals surface area contributed by atoms with Gasteiger partial charge in [-0.3, -0.25) is 9.59 Å². The largest absolute Gasteiger partial charge is 0.459 e. The number of carbonyl (C=O) groups is 2. The Labute approximate surface area is 147 Å². The Kier molecular flexibility index (Phi) is 6.24. The van der Waals surface area contributed by atoms with Gasteiger partial charge in [-0.25, -0.2) is 0 Å². The van der Waals surface area contributed by atoms with Crippen LogP contribution in [0.15, 0.2) is 45.5 Å². The van der Waals surface area contributed by atoms with Gasteiger partial charge in [-0.15, -0.1) is 0 Å². The van der Waals surface area contributed by atoms with E-state index in [1.54, 1.807) is 31.3 Å². The molecule has 0 aliphatic heterocycles. The number of furan rings is 1. The first-order valence-electron chi connectivity index (χ1n) is 7.02. The molecule has 0 aliphatic carbocycles. The molecule has 2 amide bonds. The molecule has 1 aromatic heterocycles. The van der Waals surface area contributed by atoms with E-state index in [0.29, 0.717) is 30.1 Å². The van der Waals surface area contributed by atoms with Crippen molar-refractivity contribution in [1.82, 2.24) is 5.32 Å². The molecule has 2 aromatic rings. The number of nitrogens with one attached hydrogen (secondary N) is 1. The molecule has 0 bridgehead atoms. The first kappa shape index (κ1) is 17.6. The van der Waals surface area contributed by atoms with Crippen LogP contribution in [0.2, 0.25) is 5.02 Å². The Morgan fingerprint density at radius 3 is 2.78 bits per heavy atom. The monoisotopic (exact) mass is 398 g/mol. The molecule has 0 radical (unpaired) electrons. The van der Waals surface area contributed by atoms with Gasteiger partial charge in [-0.2, -0.15) is 0 Å². The van der Waals surface area contributed by atoms with Crippen molar-refractivity contribution in [3.63, 3.8) is 0 Å². The fourth-order valence-electron chi connectivity index (χ4n) is 1.99. The highest BCUT2D eigenvalue weighted by atomic mass is 79.9. The van der Waals surface area contributed by atoms with Crippen LogP contribution in [0.4, 0.5) is 5.69 Å². The summed E-state index contributed by atoms with van der Waals surface area (Å²) in [4.78, 5) is 25.4. The zero-order chi connectivity index (χ0) is 16.8. The third kappa shape index (κ3) is 4.84. The third-order valence-corrected chi connectivity index (χ3v) is 4.04. The zero-order valence-corrected chi connectivity index (χ0v) is 14.9. The predicted molar refractivity (Wildman–Crippen MR) is 92.8 cm³/mol. The molecule has 0 saturated heterocycles.